The summed E-state index contributed by atoms with van der Waals surface area (Å²) in [5.74, 6) is 0.0539. The van der Waals surface area contributed by atoms with E-state index in [-0.39, 0.29) is 11.9 Å². The summed E-state index contributed by atoms with van der Waals surface area (Å²) in [5, 5.41) is 5.96. The van der Waals surface area contributed by atoms with Crippen molar-refractivity contribution in [2.45, 2.75) is 12.5 Å². The fraction of sp³-hybridized carbons (Fsp3) is 0.300. The Hall–Kier alpha value is -1.69. The number of aromatic nitrogens is 1. The summed E-state index contributed by atoms with van der Waals surface area (Å²) in [6.45, 7) is 0.616. The van der Waals surface area contributed by atoms with Crippen LogP contribution >= 0.6 is 12.2 Å². The second kappa shape index (κ2) is 4.44. The van der Waals surface area contributed by atoms with Crippen LogP contribution in [0.15, 0.2) is 18.5 Å². The Kier molecular flexibility index (Phi) is 3.00. The molecule has 1 saturated heterocycles. The number of carbonyl (C=O) groups excluding carboxylic acids is 1. The third-order valence-electron chi connectivity index (χ3n) is 2.42. The van der Waals surface area contributed by atoms with Gasteiger partial charge in [0.25, 0.3) is 0 Å². The van der Waals surface area contributed by atoms with Gasteiger partial charge < -0.3 is 16.4 Å². The Morgan fingerprint density at radius 2 is 2.50 bits per heavy atom. The van der Waals surface area contributed by atoms with Gasteiger partial charge in [-0.1, -0.05) is 12.2 Å². The number of anilines is 1. The Balaban J connectivity index is 2.14. The van der Waals surface area contributed by atoms with Gasteiger partial charge in [0.1, 0.15) is 4.99 Å². The van der Waals surface area contributed by atoms with Crippen LogP contribution in [0.3, 0.4) is 0 Å². The van der Waals surface area contributed by atoms with E-state index < -0.39 is 0 Å². The molecule has 1 aliphatic heterocycles. The number of hydrogen-bond acceptors (Lipinski definition) is 4. The highest BCUT2D eigenvalue weighted by Gasteiger charge is 2.21. The summed E-state index contributed by atoms with van der Waals surface area (Å²) in [5.41, 5.74) is 7.13. The van der Waals surface area contributed by atoms with E-state index >= 15 is 0 Å². The van der Waals surface area contributed by atoms with E-state index in [1.165, 1.54) is 0 Å². The van der Waals surface area contributed by atoms with Crippen LogP contribution in [0.5, 0.6) is 0 Å². The standard InChI is InChI=1S/C10H12N4OS/c11-10(16)7-1-2-12-5-8(7)14-6-3-9(15)13-4-6/h1-2,5-6,14H,3-4H2,(H2,11,16)(H,13,15). The molecular formula is C10H12N4OS. The van der Waals surface area contributed by atoms with Crippen LogP contribution in [-0.4, -0.2) is 28.5 Å². The highest BCUT2D eigenvalue weighted by Crippen LogP contribution is 2.16. The molecule has 0 radical (unpaired) electrons. The Bertz CT molecular complexity index is 435. The molecule has 1 fully saturated rings. The van der Waals surface area contributed by atoms with Crippen molar-refractivity contribution in [3.05, 3.63) is 24.0 Å². The molecule has 0 aliphatic carbocycles. The number of nitrogens with one attached hydrogen (secondary N) is 2. The molecule has 2 heterocycles. The SMILES string of the molecule is NC(=S)c1ccncc1NC1CNC(=O)C1. The maximum Gasteiger partial charge on any atom is 0.222 e. The van der Waals surface area contributed by atoms with E-state index in [9.17, 15) is 4.79 Å². The zero-order chi connectivity index (χ0) is 11.5. The number of pyridine rings is 1. The first kappa shape index (κ1) is 10.8. The summed E-state index contributed by atoms with van der Waals surface area (Å²) in [4.78, 5) is 15.4. The molecule has 1 unspecified atom stereocenters. The van der Waals surface area contributed by atoms with E-state index in [2.05, 4.69) is 15.6 Å². The van der Waals surface area contributed by atoms with E-state index in [0.29, 0.717) is 18.0 Å². The zero-order valence-corrected chi connectivity index (χ0v) is 9.38. The topological polar surface area (TPSA) is 80.0 Å². The second-order valence-corrected chi connectivity index (χ2v) is 4.07. The van der Waals surface area contributed by atoms with Crippen LogP contribution in [0.25, 0.3) is 0 Å². The van der Waals surface area contributed by atoms with Gasteiger partial charge in [0.15, 0.2) is 0 Å². The lowest BCUT2D eigenvalue weighted by Crippen LogP contribution is -2.24. The third kappa shape index (κ3) is 2.27. The zero-order valence-electron chi connectivity index (χ0n) is 8.56. The smallest absolute Gasteiger partial charge is 0.222 e. The van der Waals surface area contributed by atoms with Gasteiger partial charge >= 0.3 is 0 Å². The van der Waals surface area contributed by atoms with Crippen LogP contribution < -0.4 is 16.4 Å². The Labute approximate surface area is 98.4 Å². The predicted molar refractivity (Wildman–Crippen MR) is 65.2 cm³/mol. The maximum absolute atomic E-state index is 11.0. The number of rotatable bonds is 3. The molecule has 4 N–H and O–H groups in total. The normalized spacial score (nSPS) is 19.2. The van der Waals surface area contributed by atoms with Crippen molar-refractivity contribution in [1.82, 2.24) is 10.3 Å². The van der Waals surface area contributed by atoms with Gasteiger partial charge in [-0.15, -0.1) is 0 Å². The summed E-state index contributed by atoms with van der Waals surface area (Å²) < 4.78 is 0. The monoisotopic (exact) mass is 236 g/mol. The molecule has 0 aromatic carbocycles. The van der Waals surface area contributed by atoms with Crippen molar-refractivity contribution < 1.29 is 4.79 Å². The van der Waals surface area contributed by atoms with Crippen LogP contribution in [0.2, 0.25) is 0 Å². The second-order valence-electron chi connectivity index (χ2n) is 3.63. The molecular weight excluding hydrogens is 224 g/mol. The van der Waals surface area contributed by atoms with Crippen LogP contribution in [-0.2, 0) is 4.79 Å². The minimum atomic E-state index is 0.0539. The van der Waals surface area contributed by atoms with Crippen molar-refractivity contribution in [2.24, 2.45) is 5.73 Å². The lowest BCUT2D eigenvalue weighted by molar-refractivity contribution is -0.119. The molecule has 1 aromatic rings. The molecule has 5 nitrogen and oxygen atoms in total. The molecule has 0 saturated carbocycles. The first-order chi connectivity index (χ1) is 7.66. The van der Waals surface area contributed by atoms with Crippen LogP contribution in [0.4, 0.5) is 5.69 Å². The lowest BCUT2D eigenvalue weighted by Gasteiger charge is -2.14. The third-order valence-corrected chi connectivity index (χ3v) is 2.64. The van der Waals surface area contributed by atoms with Crippen molar-refractivity contribution >= 4 is 28.8 Å². The minimum absolute atomic E-state index is 0.0539. The average molecular weight is 236 g/mol. The van der Waals surface area contributed by atoms with E-state index in [1.54, 1.807) is 18.5 Å². The van der Waals surface area contributed by atoms with Crippen molar-refractivity contribution in [1.29, 1.82) is 0 Å². The average Bonchev–Trinajstić information content (AvgIpc) is 2.64. The largest absolute Gasteiger partial charge is 0.389 e. The molecule has 2 rings (SSSR count). The summed E-state index contributed by atoms with van der Waals surface area (Å²) in [6.07, 6.45) is 3.76. The number of amides is 1. The molecule has 6 heteroatoms. The quantitative estimate of drug-likeness (QED) is 0.645. The van der Waals surface area contributed by atoms with Gasteiger partial charge in [0.05, 0.1) is 17.9 Å². The van der Waals surface area contributed by atoms with E-state index in [4.69, 9.17) is 18.0 Å². The lowest BCUT2D eigenvalue weighted by atomic mass is 10.2. The van der Waals surface area contributed by atoms with Crippen molar-refractivity contribution in [3.8, 4) is 0 Å². The molecule has 16 heavy (non-hydrogen) atoms. The van der Waals surface area contributed by atoms with Crippen LogP contribution in [0.1, 0.15) is 12.0 Å². The predicted octanol–water partition coefficient (Wildman–Crippen LogP) is 0.0162. The van der Waals surface area contributed by atoms with E-state index in [1.807, 2.05) is 0 Å². The highest BCUT2D eigenvalue weighted by molar-refractivity contribution is 7.80. The van der Waals surface area contributed by atoms with Gasteiger partial charge in [-0.3, -0.25) is 9.78 Å². The molecule has 84 valence electrons. The number of nitrogens with zero attached hydrogens (tertiary/aromatic N) is 1. The van der Waals surface area contributed by atoms with E-state index in [0.717, 1.165) is 11.3 Å². The molecule has 1 aliphatic rings. The molecule has 1 amide bonds. The summed E-state index contributed by atoms with van der Waals surface area (Å²) in [7, 11) is 0. The number of carbonyl (C=O) groups is 1. The fourth-order valence-electron chi connectivity index (χ4n) is 1.65. The summed E-state index contributed by atoms with van der Waals surface area (Å²) >= 11 is 4.94. The first-order valence-electron chi connectivity index (χ1n) is 4.94. The van der Waals surface area contributed by atoms with Gasteiger partial charge in [-0.2, -0.15) is 0 Å². The number of hydrogen-bond donors (Lipinski definition) is 3. The van der Waals surface area contributed by atoms with Gasteiger partial charge in [0, 0.05) is 24.7 Å². The molecule has 1 atom stereocenters. The van der Waals surface area contributed by atoms with Crippen molar-refractivity contribution in [2.75, 3.05) is 11.9 Å². The minimum Gasteiger partial charge on any atom is -0.389 e. The first-order valence-corrected chi connectivity index (χ1v) is 5.34. The van der Waals surface area contributed by atoms with Crippen molar-refractivity contribution in [3.63, 3.8) is 0 Å². The van der Waals surface area contributed by atoms with Gasteiger partial charge in [-0.25, -0.2) is 0 Å². The fourth-order valence-corrected chi connectivity index (χ4v) is 1.83. The molecule has 0 bridgehead atoms. The highest BCUT2D eigenvalue weighted by atomic mass is 32.1. The Morgan fingerprint density at radius 1 is 1.69 bits per heavy atom. The maximum atomic E-state index is 11.0. The van der Waals surface area contributed by atoms with Crippen LogP contribution in [0, 0.1) is 0 Å². The number of thiocarbonyl (C=S) groups is 1. The van der Waals surface area contributed by atoms with Gasteiger partial charge in [-0.05, 0) is 6.07 Å². The molecule has 1 aromatic heterocycles. The Morgan fingerprint density at radius 3 is 3.12 bits per heavy atom. The molecule has 0 spiro atoms. The summed E-state index contributed by atoms with van der Waals surface area (Å²) in [6, 6.07) is 1.83. The number of nitrogens with two attached hydrogens (primary N) is 1. The van der Waals surface area contributed by atoms with Gasteiger partial charge in [0.2, 0.25) is 5.91 Å².